The number of nitrogens with zero attached hydrogens (tertiary/aromatic N) is 4. The van der Waals surface area contributed by atoms with Gasteiger partial charge in [0.25, 0.3) is 0 Å². The first-order valence-electron chi connectivity index (χ1n) is 9.32. The van der Waals surface area contributed by atoms with Crippen molar-refractivity contribution < 1.29 is 26.7 Å². The Hall–Kier alpha value is -3.64. The van der Waals surface area contributed by atoms with Gasteiger partial charge in [0.15, 0.2) is 23.0 Å². The molecule has 2 heterocycles. The Morgan fingerprint density at radius 2 is 1.91 bits per heavy atom. The van der Waals surface area contributed by atoms with Crippen molar-refractivity contribution >= 4 is 15.7 Å². The molecule has 4 rings (SSSR count). The summed E-state index contributed by atoms with van der Waals surface area (Å²) in [6, 6.07) is 12.3. The molecule has 0 unspecified atom stereocenters. The molecule has 0 aliphatic carbocycles. The molecule has 0 radical (unpaired) electrons. The van der Waals surface area contributed by atoms with E-state index in [1.165, 1.54) is 35.9 Å². The number of aromatic nitrogens is 4. The van der Waals surface area contributed by atoms with Crippen LogP contribution in [-0.2, 0) is 10.0 Å². The van der Waals surface area contributed by atoms with Crippen molar-refractivity contribution in [2.75, 3.05) is 20.3 Å². The van der Waals surface area contributed by atoms with Gasteiger partial charge >= 0.3 is 0 Å². The van der Waals surface area contributed by atoms with Crippen LogP contribution in [0.4, 0.5) is 8.78 Å². The van der Waals surface area contributed by atoms with Crippen molar-refractivity contribution in [3.05, 3.63) is 66.2 Å². The maximum atomic E-state index is 13.8. The van der Waals surface area contributed by atoms with Gasteiger partial charge in [-0.15, -0.1) is 15.3 Å². The molecule has 0 fully saturated rings. The van der Waals surface area contributed by atoms with Gasteiger partial charge in [-0.1, -0.05) is 12.1 Å². The zero-order chi connectivity index (χ0) is 22.7. The third-order valence-electron chi connectivity index (χ3n) is 4.40. The van der Waals surface area contributed by atoms with Crippen LogP contribution < -0.4 is 14.2 Å². The van der Waals surface area contributed by atoms with Gasteiger partial charge < -0.3 is 9.47 Å². The number of halogens is 2. The van der Waals surface area contributed by atoms with Crippen LogP contribution in [0.5, 0.6) is 11.6 Å². The minimum atomic E-state index is -3.94. The zero-order valence-electron chi connectivity index (χ0n) is 16.7. The van der Waals surface area contributed by atoms with Gasteiger partial charge in [0, 0.05) is 18.2 Å². The fraction of sp³-hybridized carbons (Fsp3) is 0.150. The molecule has 2 aromatic carbocycles. The van der Waals surface area contributed by atoms with Gasteiger partial charge in [-0.05, 0) is 36.4 Å². The average Bonchev–Trinajstić information content (AvgIpc) is 3.20. The van der Waals surface area contributed by atoms with E-state index in [4.69, 9.17) is 9.47 Å². The molecule has 0 atom stereocenters. The lowest BCUT2D eigenvalue weighted by atomic mass is 10.2. The standard InChI is InChI=1S/C20H17F2N5O4S/c1-30-17-6-5-15(12-16(17)22)32(28,29)23-9-10-31-19-8-7-18-24-25-20(27(18)26-19)13-3-2-4-14(21)11-13/h2-8,11-12,23H,9-10H2,1H3. The highest BCUT2D eigenvalue weighted by Crippen LogP contribution is 2.21. The quantitative estimate of drug-likeness (QED) is 0.402. The second kappa shape index (κ2) is 8.85. The number of methoxy groups -OCH3 is 1. The third kappa shape index (κ3) is 4.50. The van der Waals surface area contributed by atoms with E-state index in [1.54, 1.807) is 24.3 Å². The number of sulfonamides is 1. The Kier molecular flexibility index (Phi) is 5.97. The maximum absolute atomic E-state index is 13.8. The van der Waals surface area contributed by atoms with Crippen molar-refractivity contribution in [3.8, 4) is 23.0 Å². The molecule has 32 heavy (non-hydrogen) atoms. The van der Waals surface area contributed by atoms with Crippen LogP contribution in [0.2, 0.25) is 0 Å². The Morgan fingerprint density at radius 3 is 2.66 bits per heavy atom. The largest absolute Gasteiger partial charge is 0.494 e. The van der Waals surface area contributed by atoms with E-state index in [-0.39, 0.29) is 29.7 Å². The second-order valence-electron chi connectivity index (χ2n) is 6.52. The summed E-state index contributed by atoms with van der Waals surface area (Å²) in [7, 11) is -2.66. The lowest BCUT2D eigenvalue weighted by molar-refractivity contribution is 0.306. The summed E-state index contributed by atoms with van der Waals surface area (Å²) in [5, 5.41) is 12.3. The molecule has 0 spiro atoms. The molecule has 9 nitrogen and oxygen atoms in total. The lowest BCUT2D eigenvalue weighted by Crippen LogP contribution is -2.28. The molecule has 2 aromatic heterocycles. The van der Waals surface area contributed by atoms with Crippen molar-refractivity contribution in [2.45, 2.75) is 4.90 Å². The van der Waals surface area contributed by atoms with Crippen LogP contribution >= 0.6 is 0 Å². The molecular weight excluding hydrogens is 444 g/mol. The zero-order valence-corrected chi connectivity index (χ0v) is 17.5. The first kappa shape index (κ1) is 21.6. The van der Waals surface area contributed by atoms with Gasteiger partial charge in [0.05, 0.1) is 12.0 Å². The Morgan fingerprint density at radius 1 is 1.06 bits per heavy atom. The summed E-state index contributed by atoms with van der Waals surface area (Å²) in [4.78, 5) is -0.237. The summed E-state index contributed by atoms with van der Waals surface area (Å²) in [5.41, 5.74) is 0.917. The first-order valence-corrected chi connectivity index (χ1v) is 10.8. The third-order valence-corrected chi connectivity index (χ3v) is 5.86. The van der Waals surface area contributed by atoms with Crippen LogP contribution in [0.3, 0.4) is 0 Å². The Labute approximate surface area is 181 Å². The van der Waals surface area contributed by atoms with Crippen LogP contribution in [0.25, 0.3) is 17.0 Å². The molecule has 0 aliphatic rings. The molecule has 0 saturated heterocycles. The van der Waals surface area contributed by atoms with E-state index in [1.807, 2.05) is 0 Å². The molecule has 166 valence electrons. The SMILES string of the molecule is COc1ccc(S(=O)(=O)NCCOc2ccc3nnc(-c4cccc(F)c4)n3n2)cc1F. The summed E-state index contributed by atoms with van der Waals surface area (Å²) < 4.78 is 66.0. The van der Waals surface area contributed by atoms with Gasteiger partial charge in [0.1, 0.15) is 12.4 Å². The smallest absolute Gasteiger partial charge is 0.240 e. The molecule has 1 N–H and O–H groups in total. The summed E-state index contributed by atoms with van der Waals surface area (Å²) in [6.07, 6.45) is 0. The van der Waals surface area contributed by atoms with Gasteiger partial charge in [-0.3, -0.25) is 0 Å². The molecule has 0 aliphatic heterocycles. The van der Waals surface area contributed by atoms with Crippen LogP contribution in [-0.4, -0.2) is 48.5 Å². The van der Waals surface area contributed by atoms with Crippen molar-refractivity contribution in [1.29, 1.82) is 0 Å². The topological polar surface area (TPSA) is 108 Å². The van der Waals surface area contributed by atoms with Gasteiger partial charge in [-0.2, -0.15) is 4.52 Å². The normalized spacial score (nSPS) is 11.6. The van der Waals surface area contributed by atoms with E-state index in [0.29, 0.717) is 17.0 Å². The van der Waals surface area contributed by atoms with E-state index in [0.717, 1.165) is 6.07 Å². The second-order valence-corrected chi connectivity index (χ2v) is 8.29. The molecule has 0 saturated carbocycles. The predicted octanol–water partition coefficient (Wildman–Crippen LogP) is 2.44. The van der Waals surface area contributed by atoms with E-state index in [2.05, 4.69) is 20.0 Å². The van der Waals surface area contributed by atoms with Crippen molar-refractivity contribution in [1.82, 2.24) is 24.5 Å². The summed E-state index contributed by atoms with van der Waals surface area (Å²) in [6.45, 7) is -0.136. The summed E-state index contributed by atoms with van der Waals surface area (Å²) >= 11 is 0. The average molecular weight is 461 g/mol. The number of hydrogen-bond acceptors (Lipinski definition) is 7. The maximum Gasteiger partial charge on any atom is 0.240 e. The predicted molar refractivity (Wildman–Crippen MR) is 110 cm³/mol. The number of fused-ring (bicyclic) bond motifs is 1. The fourth-order valence-electron chi connectivity index (χ4n) is 2.89. The first-order chi connectivity index (χ1) is 15.4. The van der Waals surface area contributed by atoms with Crippen LogP contribution in [0.15, 0.2) is 59.5 Å². The highest BCUT2D eigenvalue weighted by atomic mass is 32.2. The molecular formula is C20H17F2N5O4S. The van der Waals surface area contributed by atoms with Crippen molar-refractivity contribution in [3.63, 3.8) is 0 Å². The van der Waals surface area contributed by atoms with Crippen LogP contribution in [0, 0.1) is 11.6 Å². The minimum absolute atomic E-state index is 0.0478. The Balaban J connectivity index is 1.42. The highest BCUT2D eigenvalue weighted by Gasteiger charge is 2.16. The molecule has 12 heteroatoms. The fourth-order valence-corrected chi connectivity index (χ4v) is 3.91. The number of ether oxygens (including phenoxy) is 2. The van der Waals surface area contributed by atoms with E-state index < -0.39 is 21.7 Å². The number of rotatable bonds is 8. The monoisotopic (exact) mass is 461 g/mol. The Bertz CT molecular complexity index is 1380. The van der Waals surface area contributed by atoms with Crippen LogP contribution in [0.1, 0.15) is 0 Å². The number of hydrogen-bond donors (Lipinski definition) is 1. The summed E-state index contributed by atoms with van der Waals surface area (Å²) in [5.74, 6) is -0.750. The van der Waals surface area contributed by atoms with E-state index >= 15 is 0 Å². The van der Waals surface area contributed by atoms with E-state index in [9.17, 15) is 17.2 Å². The van der Waals surface area contributed by atoms with Gasteiger partial charge in [0.2, 0.25) is 15.9 Å². The minimum Gasteiger partial charge on any atom is -0.494 e. The number of nitrogens with one attached hydrogen (secondary N) is 1. The lowest BCUT2D eigenvalue weighted by Gasteiger charge is -2.09. The van der Waals surface area contributed by atoms with Crippen molar-refractivity contribution in [2.24, 2.45) is 0 Å². The highest BCUT2D eigenvalue weighted by molar-refractivity contribution is 7.89. The molecule has 0 bridgehead atoms. The number of benzene rings is 2. The molecule has 0 amide bonds. The molecule has 4 aromatic rings. The van der Waals surface area contributed by atoms with Gasteiger partial charge in [-0.25, -0.2) is 21.9 Å².